The van der Waals surface area contributed by atoms with Crippen LogP contribution in [0.3, 0.4) is 0 Å². The Hall–Kier alpha value is -2.82. The number of benzene rings is 2. The lowest BCUT2D eigenvalue weighted by atomic mass is 9.94. The van der Waals surface area contributed by atoms with Gasteiger partial charge in [-0.25, -0.2) is 0 Å². The molecular formula is C19H19N3O. The molecule has 1 atom stereocenters. The first-order chi connectivity index (χ1) is 11.2. The lowest BCUT2D eigenvalue weighted by molar-refractivity contribution is 0.414. The predicted octanol–water partition coefficient (Wildman–Crippen LogP) is 3.50. The average molecular weight is 305 g/mol. The van der Waals surface area contributed by atoms with E-state index in [-0.39, 0.29) is 6.04 Å². The van der Waals surface area contributed by atoms with Gasteiger partial charge in [-0.15, -0.1) is 0 Å². The molecule has 2 rings (SSSR count). The zero-order valence-electron chi connectivity index (χ0n) is 13.3. The molecule has 0 fully saturated rings. The minimum atomic E-state index is -0.740. The van der Waals surface area contributed by atoms with E-state index in [9.17, 15) is 10.5 Å². The maximum absolute atomic E-state index is 9.25. The highest BCUT2D eigenvalue weighted by Gasteiger charge is 2.22. The van der Waals surface area contributed by atoms with Gasteiger partial charge in [0.25, 0.3) is 0 Å². The topological polar surface area (TPSA) is 68.8 Å². The second-order valence-electron chi connectivity index (χ2n) is 5.35. The van der Waals surface area contributed by atoms with E-state index in [1.54, 1.807) is 7.11 Å². The fourth-order valence-electron chi connectivity index (χ4n) is 2.35. The van der Waals surface area contributed by atoms with Gasteiger partial charge in [-0.2, -0.15) is 10.5 Å². The van der Waals surface area contributed by atoms with Crippen LogP contribution in [0.25, 0.3) is 0 Å². The van der Waals surface area contributed by atoms with Gasteiger partial charge >= 0.3 is 0 Å². The van der Waals surface area contributed by atoms with Crippen molar-refractivity contribution in [2.24, 2.45) is 5.92 Å². The molecule has 0 saturated carbocycles. The SMILES string of the molecule is COc1ccc(CNC(c2ccc(C)cc2)C(C#N)C#N)cc1. The minimum Gasteiger partial charge on any atom is -0.497 e. The van der Waals surface area contributed by atoms with Crippen LogP contribution >= 0.6 is 0 Å². The molecule has 4 nitrogen and oxygen atoms in total. The molecule has 0 aliphatic rings. The summed E-state index contributed by atoms with van der Waals surface area (Å²) in [6, 6.07) is 19.4. The highest BCUT2D eigenvalue weighted by Crippen LogP contribution is 2.23. The van der Waals surface area contributed by atoms with Crippen molar-refractivity contribution >= 4 is 0 Å². The molecule has 0 heterocycles. The monoisotopic (exact) mass is 305 g/mol. The van der Waals surface area contributed by atoms with Crippen molar-refractivity contribution in [3.63, 3.8) is 0 Å². The summed E-state index contributed by atoms with van der Waals surface area (Å²) in [6.45, 7) is 2.58. The Morgan fingerprint density at radius 3 is 2.13 bits per heavy atom. The van der Waals surface area contributed by atoms with Crippen molar-refractivity contribution in [1.82, 2.24) is 5.32 Å². The van der Waals surface area contributed by atoms with E-state index in [4.69, 9.17) is 4.74 Å². The van der Waals surface area contributed by atoms with Crippen LogP contribution in [-0.2, 0) is 6.54 Å². The summed E-state index contributed by atoms with van der Waals surface area (Å²) in [5.74, 6) is 0.0618. The van der Waals surface area contributed by atoms with Gasteiger partial charge in [0.15, 0.2) is 5.92 Å². The third-order valence-electron chi connectivity index (χ3n) is 3.73. The molecule has 1 unspecified atom stereocenters. The number of nitriles is 2. The van der Waals surface area contributed by atoms with Crippen LogP contribution in [0.5, 0.6) is 5.75 Å². The largest absolute Gasteiger partial charge is 0.497 e. The van der Waals surface area contributed by atoms with Crippen LogP contribution in [0.4, 0.5) is 0 Å². The summed E-state index contributed by atoms with van der Waals surface area (Å²) in [6.07, 6.45) is 0. The molecule has 0 bridgehead atoms. The molecule has 0 aliphatic heterocycles. The van der Waals surface area contributed by atoms with Crippen molar-refractivity contribution in [3.8, 4) is 17.9 Å². The van der Waals surface area contributed by atoms with Gasteiger partial charge in [0.1, 0.15) is 5.75 Å². The number of nitrogens with one attached hydrogen (secondary N) is 1. The fraction of sp³-hybridized carbons (Fsp3) is 0.263. The van der Waals surface area contributed by atoms with Gasteiger partial charge in [0.05, 0.1) is 25.3 Å². The Bertz CT molecular complexity index is 694. The van der Waals surface area contributed by atoms with Crippen molar-refractivity contribution in [2.75, 3.05) is 7.11 Å². The quantitative estimate of drug-likeness (QED) is 0.887. The van der Waals surface area contributed by atoms with Crippen molar-refractivity contribution in [3.05, 3.63) is 65.2 Å². The first-order valence-corrected chi connectivity index (χ1v) is 7.40. The van der Waals surface area contributed by atoms with Crippen molar-refractivity contribution in [1.29, 1.82) is 10.5 Å². The summed E-state index contributed by atoms with van der Waals surface area (Å²) in [7, 11) is 1.63. The molecule has 0 saturated heterocycles. The predicted molar refractivity (Wildman–Crippen MR) is 88.5 cm³/mol. The summed E-state index contributed by atoms with van der Waals surface area (Å²) >= 11 is 0. The van der Waals surface area contributed by atoms with E-state index < -0.39 is 5.92 Å². The highest BCUT2D eigenvalue weighted by atomic mass is 16.5. The van der Waals surface area contributed by atoms with E-state index in [0.717, 1.165) is 22.4 Å². The van der Waals surface area contributed by atoms with Gasteiger partial charge in [0.2, 0.25) is 0 Å². The molecule has 116 valence electrons. The van der Waals surface area contributed by atoms with E-state index in [1.807, 2.05) is 55.5 Å². The number of methoxy groups -OCH3 is 1. The zero-order chi connectivity index (χ0) is 16.7. The van der Waals surface area contributed by atoms with Crippen LogP contribution in [0.2, 0.25) is 0 Å². The Labute approximate surface area is 136 Å². The molecular weight excluding hydrogens is 286 g/mol. The van der Waals surface area contributed by atoms with Gasteiger partial charge in [-0.3, -0.25) is 0 Å². The zero-order valence-corrected chi connectivity index (χ0v) is 13.3. The molecule has 1 N–H and O–H groups in total. The van der Waals surface area contributed by atoms with Crippen LogP contribution in [0.1, 0.15) is 22.7 Å². The highest BCUT2D eigenvalue weighted by molar-refractivity contribution is 5.29. The van der Waals surface area contributed by atoms with Gasteiger partial charge in [0, 0.05) is 6.54 Å². The standard InChI is InChI=1S/C19H19N3O/c1-14-3-7-16(8-4-14)19(17(11-20)12-21)22-13-15-5-9-18(23-2)10-6-15/h3-10,17,19,22H,13H2,1-2H3. The number of hydrogen-bond donors (Lipinski definition) is 1. The first kappa shape index (κ1) is 16.5. The smallest absolute Gasteiger partial charge is 0.152 e. The van der Waals surface area contributed by atoms with E-state index in [2.05, 4.69) is 17.5 Å². The van der Waals surface area contributed by atoms with E-state index in [1.165, 1.54) is 0 Å². The van der Waals surface area contributed by atoms with Gasteiger partial charge < -0.3 is 10.1 Å². The molecule has 0 aromatic heterocycles. The van der Waals surface area contributed by atoms with Gasteiger partial charge in [-0.05, 0) is 30.2 Å². The molecule has 0 spiro atoms. The normalized spacial score (nSPS) is 11.5. The number of nitrogens with zero attached hydrogens (tertiary/aromatic N) is 2. The van der Waals surface area contributed by atoms with Gasteiger partial charge in [-0.1, -0.05) is 42.0 Å². The lowest BCUT2D eigenvalue weighted by Gasteiger charge is -2.20. The second kappa shape index (κ2) is 7.98. The van der Waals surface area contributed by atoms with E-state index >= 15 is 0 Å². The average Bonchev–Trinajstić information content (AvgIpc) is 2.60. The third kappa shape index (κ3) is 4.32. The van der Waals surface area contributed by atoms with E-state index in [0.29, 0.717) is 6.54 Å². The molecule has 4 heteroatoms. The number of rotatable bonds is 6. The summed E-state index contributed by atoms with van der Waals surface area (Å²) in [4.78, 5) is 0. The van der Waals surface area contributed by atoms with Crippen molar-refractivity contribution < 1.29 is 4.74 Å². The number of ether oxygens (including phenoxy) is 1. The summed E-state index contributed by atoms with van der Waals surface area (Å²) < 4.78 is 5.14. The summed E-state index contributed by atoms with van der Waals surface area (Å²) in [5.41, 5.74) is 3.16. The maximum atomic E-state index is 9.25. The maximum Gasteiger partial charge on any atom is 0.152 e. The molecule has 2 aromatic carbocycles. The lowest BCUT2D eigenvalue weighted by Crippen LogP contribution is -2.26. The Balaban J connectivity index is 2.16. The number of aryl methyl sites for hydroxylation is 1. The first-order valence-electron chi connectivity index (χ1n) is 7.40. The summed E-state index contributed by atoms with van der Waals surface area (Å²) in [5, 5.41) is 21.8. The Kier molecular flexibility index (Phi) is 5.74. The van der Waals surface area contributed by atoms with Crippen LogP contribution in [-0.4, -0.2) is 7.11 Å². The molecule has 0 amide bonds. The molecule has 2 aromatic rings. The van der Waals surface area contributed by atoms with Crippen LogP contribution in [0.15, 0.2) is 48.5 Å². The Morgan fingerprint density at radius 2 is 1.61 bits per heavy atom. The minimum absolute atomic E-state index is 0.326. The van der Waals surface area contributed by atoms with Crippen LogP contribution in [0, 0.1) is 35.5 Å². The molecule has 0 radical (unpaired) electrons. The van der Waals surface area contributed by atoms with Crippen molar-refractivity contribution in [2.45, 2.75) is 19.5 Å². The second-order valence-corrected chi connectivity index (χ2v) is 5.35. The Morgan fingerprint density at radius 1 is 1.00 bits per heavy atom. The molecule has 0 aliphatic carbocycles. The fourth-order valence-corrected chi connectivity index (χ4v) is 2.35. The number of hydrogen-bond acceptors (Lipinski definition) is 4. The molecule has 23 heavy (non-hydrogen) atoms. The van der Waals surface area contributed by atoms with Crippen LogP contribution < -0.4 is 10.1 Å². The third-order valence-corrected chi connectivity index (χ3v) is 3.73.